The summed E-state index contributed by atoms with van der Waals surface area (Å²) >= 11 is 14.1. The van der Waals surface area contributed by atoms with Crippen molar-refractivity contribution in [3.05, 3.63) is 81.8 Å². The number of rotatable bonds is 12. The van der Waals surface area contributed by atoms with Gasteiger partial charge >= 0.3 is 5.97 Å². The molecule has 2 aromatic carbocycles. The third-order valence-electron chi connectivity index (χ3n) is 9.33. The van der Waals surface area contributed by atoms with Gasteiger partial charge in [-0.1, -0.05) is 71.7 Å². The second kappa shape index (κ2) is 14.2. The van der Waals surface area contributed by atoms with E-state index in [-0.39, 0.29) is 11.8 Å². The van der Waals surface area contributed by atoms with Gasteiger partial charge in [0.05, 0.1) is 35.7 Å². The van der Waals surface area contributed by atoms with Crippen molar-refractivity contribution in [2.24, 2.45) is 5.41 Å². The average molecular weight is 691 g/mol. The highest BCUT2D eigenvalue weighted by Gasteiger charge is 2.47. The molecule has 2 N–H and O–H groups in total. The molecule has 2 aromatic heterocycles. The van der Waals surface area contributed by atoms with E-state index in [2.05, 4.69) is 4.90 Å². The highest BCUT2D eigenvalue weighted by molar-refractivity contribution is 6.39. The Hall–Kier alpha value is -4.02. The van der Waals surface area contributed by atoms with Gasteiger partial charge in [-0.2, -0.15) is 0 Å². The van der Waals surface area contributed by atoms with E-state index in [1.165, 1.54) is 7.11 Å². The molecule has 3 heterocycles. The van der Waals surface area contributed by atoms with Crippen molar-refractivity contribution in [2.45, 2.75) is 51.2 Å². The third-order valence-corrected chi connectivity index (χ3v) is 10.1. The number of carboxylic acid groups (broad SMARTS) is 1. The maximum absolute atomic E-state index is 11.8. The molecule has 2 fully saturated rings. The zero-order chi connectivity index (χ0) is 34.0. The van der Waals surface area contributed by atoms with Crippen LogP contribution in [-0.2, 0) is 22.6 Å². The van der Waals surface area contributed by atoms with Crippen molar-refractivity contribution in [1.82, 2.24) is 14.9 Å². The molecule has 0 radical (unpaired) electrons. The van der Waals surface area contributed by atoms with Crippen LogP contribution in [0.2, 0.25) is 10.0 Å². The summed E-state index contributed by atoms with van der Waals surface area (Å²) in [5.41, 5.74) is 6.13. The minimum atomic E-state index is -1.40. The Morgan fingerprint density at radius 3 is 1.94 bits per heavy atom. The summed E-state index contributed by atoms with van der Waals surface area (Å²) in [6.07, 6.45) is 2.07. The Balaban J connectivity index is 1.23. The predicted octanol–water partition coefficient (Wildman–Crippen LogP) is 7.12. The van der Waals surface area contributed by atoms with E-state index >= 15 is 0 Å². The topological polar surface area (TPSA) is 122 Å². The molecular formula is C37H37Cl2N3O6. The van der Waals surface area contributed by atoms with E-state index in [0.29, 0.717) is 76.8 Å². The molecule has 1 saturated heterocycles. The molecule has 0 bridgehead atoms. The number of aliphatic hydroxyl groups is 1. The van der Waals surface area contributed by atoms with Gasteiger partial charge in [-0.05, 0) is 37.8 Å². The summed E-state index contributed by atoms with van der Waals surface area (Å²) in [5, 5.41) is 19.5. The summed E-state index contributed by atoms with van der Waals surface area (Å²) in [6, 6.07) is 19.1. The number of hydrogen-bond donors (Lipinski definition) is 2. The number of carboxylic acids is 1. The number of ether oxygens (including phenoxy) is 2. The van der Waals surface area contributed by atoms with Gasteiger partial charge in [0, 0.05) is 71.3 Å². The lowest BCUT2D eigenvalue weighted by molar-refractivity contribution is -0.146. The fourth-order valence-electron chi connectivity index (χ4n) is 6.91. The number of methoxy groups -OCH3 is 2. The number of pyridine rings is 2. The standard InChI is InChI=1S/C37H37Cl2N3O6/c1-47-34-22(6-3-11-31(44)36(45)46)12-14-29(40-34)27-9-4-7-25(32(27)38)26-8-5-10-28(33(26)39)30-15-13-23(35(41-30)48-2)19-42-20-37(21-42)17-16-24(43)18-37/h4-5,7-10,12-15,31,44H,3,6,11,16-21H2,1-2H3,(H,45,46)/t31-/m1/s1. The molecule has 250 valence electrons. The summed E-state index contributed by atoms with van der Waals surface area (Å²) in [6.45, 7) is 2.54. The number of carbonyl (C=O) groups is 2. The first kappa shape index (κ1) is 33.9. The van der Waals surface area contributed by atoms with Gasteiger partial charge in [-0.25, -0.2) is 14.8 Å². The molecule has 0 unspecified atom stereocenters. The van der Waals surface area contributed by atoms with Gasteiger partial charge in [0.15, 0.2) is 6.10 Å². The molecule has 1 saturated carbocycles. The van der Waals surface area contributed by atoms with Crippen molar-refractivity contribution >= 4 is 35.0 Å². The number of hydrogen-bond acceptors (Lipinski definition) is 8. The predicted molar refractivity (Wildman–Crippen MR) is 185 cm³/mol. The maximum atomic E-state index is 11.8. The van der Waals surface area contributed by atoms with Crippen LogP contribution in [0.3, 0.4) is 0 Å². The zero-order valence-electron chi connectivity index (χ0n) is 26.8. The van der Waals surface area contributed by atoms with E-state index in [1.54, 1.807) is 7.11 Å². The number of aliphatic carboxylic acids is 1. The van der Waals surface area contributed by atoms with Crippen LogP contribution >= 0.6 is 23.2 Å². The van der Waals surface area contributed by atoms with Crippen LogP contribution in [-0.4, -0.2) is 70.2 Å². The minimum Gasteiger partial charge on any atom is -0.481 e. The first-order valence-corrected chi connectivity index (χ1v) is 16.7. The number of ketones is 1. The quantitative estimate of drug-likeness (QED) is 0.160. The lowest BCUT2D eigenvalue weighted by atomic mass is 9.78. The van der Waals surface area contributed by atoms with Crippen LogP contribution in [0.4, 0.5) is 0 Å². The van der Waals surface area contributed by atoms with Gasteiger partial charge in [-0.3, -0.25) is 9.69 Å². The molecule has 9 nitrogen and oxygen atoms in total. The van der Waals surface area contributed by atoms with Crippen LogP contribution in [0.15, 0.2) is 60.7 Å². The molecule has 1 aliphatic heterocycles. The third kappa shape index (κ3) is 6.91. The highest BCUT2D eigenvalue weighted by Crippen LogP contribution is 2.45. The molecule has 2 aliphatic rings. The lowest BCUT2D eigenvalue weighted by Gasteiger charge is -2.48. The molecule has 48 heavy (non-hydrogen) atoms. The number of likely N-dealkylation sites (tertiary alicyclic amines) is 1. The maximum Gasteiger partial charge on any atom is 0.332 e. The Morgan fingerprint density at radius 2 is 1.42 bits per heavy atom. The number of Topliss-reactive ketones (excluding diaryl/α,β-unsaturated/α-hetero) is 1. The summed E-state index contributed by atoms with van der Waals surface area (Å²) < 4.78 is 11.3. The largest absolute Gasteiger partial charge is 0.481 e. The number of benzene rings is 2. The monoisotopic (exact) mass is 689 g/mol. The zero-order valence-corrected chi connectivity index (χ0v) is 28.4. The number of aromatic nitrogens is 2. The highest BCUT2D eigenvalue weighted by atomic mass is 35.5. The van der Waals surface area contributed by atoms with Crippen molar-refractivity contribution in [1.29, 1.82) is 0 Å². The molecular weight excluding hydrogens is 653 g/mol. The fraction of sp³-hybridized carbons (Fsp3) is 0.351. The second-order valence-electron chi connectivity index (χ2n) is 12.7. The number of halogens is 2. The minimum absolute atomic E-state index is 0.129. The van der Waals surface area contributed by atoms with Crippen LogP contribution in [0.1, 0.15) is 43.2 Å². The van der Waals surface area contributed by atoms with E-state index < -0.39 is 12.1 Å². The molecule has 0 amide bonds. The Bertz CT molecular complexity index is 1860. The second-order valence-corrected chi connectivity index (χ2v) is 13.4. The van der Waals surface area contributed by atoms with E-state index in [1.807, 2.05) is 60.7 Å². The van der Waals surface area contributed by atoms with Gasteiger partial charge in [0.25, 0.3) is 0 Å². The van der Waals surface area contributed by atoms with Gasteiger partial charge in [-0.15, -0.1) is 0 Å². The van der Waals surface area contributed by atoms with E-state index in [0.717, 1.165) is 47.3 Å². The normalized spacial score (nSPS) is 16.1. The van der Waals surface area contributed by atoms with Crippen LogP contribution in [0.5, 0.6) is 11.8 Å². The molecule has 1 aliphatic carbocycles. The number of aliphatic hydroxyl groups excluding tert-OH is 1. The van der Waals surface area contributed by atoms with Gasteiger partial charge in [0.2, 0.25) is 11.8 Å². The first-order chi connectivity index (χ1) is 23.1. The molecule has 1 atom stereocenters. The Kier molecular flexibility index (Phi) is 10.0. The Morgan fingerprint density at radius 1 is 0.875 bits per heavy atom. The van der Waals surface area contributed by atoms with Crippen LogP contribution in [0.25, 0.3) is 33.6 Å². The van der Waals surface area contributed by atoms with E-state index in [4.69, 9.17) is 47.8 Å². The van der Waals surface area contributed by atoms with Crippen molar-refractivity contribution < 1.29 is 29.3 Å². The molecule has 6 rings (SSSR count). The van der Waals surface area contributed by atoms with Crippen LogP contribution in [0, 0.1) is 5.41 Å². The number of carbonyl (C=O) groups excluding carboxylic acids is 1. The lowest BCUT2D eigenvalue weighted by Crippen LogP contribution is -2.54. The Labute approximate surface area is 289 Å². The average Bonchev–Trinajstić information content (AvgIpc) is 3.46. The summed E-state index contributed by atoms with van der Waals surface area (Å²) in [4.78, 5) is 34.6. The van der Waals surface area contributed by atoms with Gasteiger partial charge in [0.1, 0.15) is 5.78 Å². The number of nitrogens with zero attached hydrogens (tertiary/aromatic N) is 3. The van der Waals surface area contributed by atoms with Gasteiger partial charge < -0.3 is 19.7 Å². The summed E-state index contributed by atoms with van der Waals surface area (Å²) in [7, 11) is 3.14. The number of aryl methyl sites for hydroxylation is 1. The van der Waals surface area contributed by atoms with E-state index in [9.17, 15) is 14.7 Å². The molecule has 11 heteroatoms. The van der Waals surface area contributed by atoms with Crippen molar-refractivity contribution in [2.75, 3.05) is 27.3 Å². The molecule has 1 spiro atoms. The summed E-state index contributed by atoms with van der Waals surface area (Å²) in [5.74, 6) is 0.0885. The molecule has 4 aromatic rings. The van der Waals surface area contributed by atoms with Crippen LogP contribution < -0.4 is 9.47 Å². The fourth-order valence-corrected chi connectivity index (χ4v) is 7.56. The van der Waals surface area contributed by atoms with Crippen molar-refractivity contribution in [3.63, 3.8) is 0 Å². The smallest absolute Gasteiger partial charge is 0.332 e. The van der Waals surface area contributed by atoms with Crippen molar-refractivity contribution in [3.8, 4) is 45.4 Å². The SMILES string of the molecule is COc1nc(-c2cccc(-c3cccc(-c4ccc(CN5CC6(CCC(=O)C6)C5)c(OC)n4)c3Cl)c2Cl)ccc1CCC[C@@H](O)C(=O)O. The first-order valence-electron chi connectivity index (χ1n) is 15.9.